The molecular weight excluding hydrogens is 298 g/mol. The van der Waals surface area contributed by atoms with E-state index in [1.807, 2.05) is 18.2 Å². The van der Waals surface area contributed by atoms with Gasteiger partial charge in [-0.3, -0.25) is 4.79 Å². The van der Waals surface area contributed by atoms with Crippen LogP contribution in [0, 0.1) is 0 Å². The average molecular weight is 313 g/mol. The van der Waals surface area contributed by atoms with Crippen molar-refractivity contribution in [2.45, 2.75) is 19.5 Å². The van der Waals surface area contributed by atoms with Crippen molar-refractivity contribution < 1.29 is 14.7 Å². The Morgan fingerprint density at radius 3 is 2.87 bits per heavy atom. The number of H-pyrrole nitrogens is 1. The minimum Gasteiger partial charge on any atom is -0.477 e. The zero-order chi connectivity index (χ0) is 16.4. The molecular formula is C15H15N5O3. The summed E-state index contributed by atoms with van der Waals surface area (Å²) in [6.45, 7) is 1.81. The summed E-state index contributed by atoms with van der Waals surface area (Å²) in [6.07, 6.45) is 2.81. The van der Waals surface area contributed by atoms with Crippen LogP contribution in [0.25, 0.3) is 10.9 Å². The number of para-hydroxylation sites is 1. The van der Waals surface area contributed by atoms with E-state index >= 15 is 0 Å². The van der Waals surface area contributed by atoms with Crippen molar-refractivity contribution in [2.24, 2.45) is 0 Å². The summed E-state index contributed by atoms with van der Waals surface area (Å²) in [6, 6.07) is 6.73. The number of carbonyl (C=O) groups is 2. The van der Waals surface area contributed by atoms with Crippen LogP contribution in [0.3, 0.4) is 0 Å². The van der Waals surface area contributed by atoms with Gasteiger partial charge in [0.15, 0.2) is 0 Å². The van der Waals surface area contributed by atoms with Gasteiger partial charge in [0.25, 0.3) is 0 Å². The highest BCUT2D eigenvalue weighted by atomic mass is 16.4. The van der Waals surface area contributed by atoms with Gasteiger partial charge < -0.3 is 15.4 Å². The third-order valence-corrected chi connectivity index (χ3v) is 3.68. The van der Waals surface area contributed by atoms with Crippen molar-refractivity contribution >= 4 is 22.8 Å². The van der Waals surface area contributed by atoms with Crippen molar-refractivity contribution in [3.63, 3.8) is 0 Å². The van der Waals surface area contributed by atoms with Gasteiger partial charge in [0.1, 0.15) is 24.4 Å². The molecule has 0 aliphatic rings. The monoisotopic (exact) mass is 313 g/mol. The lowest BCUT2D eigenvalue weighted by atomic mass is 10.1. The van der Waals surface area contributed by atoms with Crippen LogP contribution in [0.5, 0.6) is 0 Å². The molecule has 118 valence electrons. The second-order valence-corrected chi connectivity index (χ2v) is 5.10. The van der Waals surface area contributed by atoms with Gasteiger partial charge in [-0.25, -0.2) is 14.5 Å². The number of carbonyl (C=O) groups excluding carboxylic acids is 1. The van der Waals surface area contributed by atoms with Gasteiger partial charge in [-0.1, -0.05) is 18.2 Å². The van der Waals surface area contributed by atoms with Crippen molar-refractivity contribution in [3.8, 4) is 0 Å². The summed E-state index contributed by atoms with van der Waals surface area (Å²) >= 11 is 0. The fourth-order valence-corrected chi connectivity index (χ4v) is 2.43. The first-order valence-electron chi connectivity index (χ1n) is 7.02. The van der Waals surface area contributed by atoms with Crippen LogP contribution in [0.2, 0.25) is 0 Å². The summed E-state index contributed by atoms with van der Waals surface area (Å²) < 4.78 is 1.43. The molecule has 3 aromatic rings. The van der Waals surface area contributed by atoms with E-state index in [1.54, 1.807) is 13.0 Å². The molecule has 2 aromatic heterocycles. The number of hydrogen-bond donors (Lipinski definition) is 3. The summed E-state index contributed by atoms with van der Waals surface area (Å²) in [4.78, 5) is 30.3. The van der Waals surface area contributed by atoms with Crippen LogP contribution in [0.4, 0.5) is 0 Å². The van der Waals surface area contributed by atoms with Crippen molar-refractivity contribution in [1.29, 1.82) is 0 Å². The average Bonchev–Trinajstić information content (AvgIpc) is 3.19. The first-order valence-corrected chi connectivity index (χ1v) is 7.02. The van der Waals surface area contributed by atoms with E-state index in [2.05, 4.69) is 20.4 Å². The summed E-state index contributed by atoms with van der Waals surface area (Å²) in [7, 11) is 0. The molecule has 2 heterocycles. The van der Waals surface area contributed by atoms with Crippen LogP contribution in [-0.4, -0.2) is 36.7 Å². The van der Waals surface area contributed by atoms with Crippen LogP contribution in [0.15, 0.2) is 36.9 Å². The second-order valence-electron chi connectivity index (χ2n) is 5.10. The Hall–Kier alpha value is -3.16. The molecule has 3 rings (SSSR count). The predicted octanol–water partition coefficient (Wildman–Crippen LogP) is 1.33. The van der Waals surface area contributed by atoms with Crippen LogP contribution < -0.4 is 5.32 Å². The summed E-state index contributed by atoms with van der Waals surface area (Å²) in [5.41, 5.74) is 1.35. The number of nitrogens with one attached hydrogen (secondary N) is 2. The molecule has 0 spiro atoms. The number of rotatable bonds is 5. The molecule has 3 N–H and O–H groups in total. The number of nitrogens with zero attached hydrogens (tertiary/aromatic N) is 3. The lowest BCUT2D eigenvalue weighted by molar-refractivity contribution is -0.124. The Morgan fingerprint density at radius 2 is 2.17 bits per heavy atom. The van der Waals surface area contributed by atoms with E-state index in [9.17, 15) is 14.7 Å². The van der Waals surface area contributed by atoms with Crippen LogP contribution in [-0.2, 0) is 11.3 Å². The van der Waals surface area contributed by atoms with E-state index in [4.69, 9.17) is 0 Å². The van der Waals surface area contributed by atoms with Crippen molar-refractivity contribution in [1.82, 2.24) is 25.1 Å². The topological polar surface area (TPSA) is 113 Å². The zero-order valence-electron chi connectivity index (χ0n) is 12.4. The number of amides is 1. The standard InChI is InChI=1S/C15H15N5O3/c1-9(20-8-16-7-18-20)14(21)17-6-11-10-4-2-3-5-12(10)19-13(11)15(22)23/h2-5,7-9,19H,6H2,1H3,(H,17,21)(H,22,23). The highest BCUT2D eigenvalue weighted by molar-refractivity contribution is 5.97. The molecule has 8 nitrogen and oxygen atoms in total. The van der Waals surface area contributed by atoms with Gasteiger partial charge in [0.05, 0.1) is 0 Å². The van der Waals surface area contributed by atoms with Gasteiger partial charge in [-0.05, 0) is 13.0 Å². The summed E-state index contributed by atoms with van der Waals surface area (Å²) in [5.74, 6) is -1.33. The number of aromatic nitrogens is 4. The highest BCUT2D eigenvalue weighted by Gasteiger charge is 2.19. The Kier molecular flexibility index (Phi) is 3.80. The van der Waals surface area contributed by atoms with E-state index in [0.717, 1.165) is 10.9 Å². The lowest BCUT2D eigenvalue weighted by Crippen LogP contribution is -2.31. The molecule has 1 atom stereocenters. The van der Waals surface area contributed by atoms with Crippen LogP contribution in [0.1, 0.15) is 29.0 Å². The van der Waals surface area contributed by atoms with Gasteiger partial charge in [0, 0.05) is 23.0 Å². The highest BCUT2D eigenvalue weighted by Crippen LogP contribution is 2.22. The minimum absolute atomic E-state index is 0.0832. The summed E-state index contributed by atoms with van der Waals surface area (Å²) in [5, 5.41) is 16.8. The molecule has 0 aliphatic carbocycles. The fourth-order valence-electron chi connectivity index (χ4n) is 2.43. The first kappa shape index (κ1) is 14.8. The largest absolute Gasteiger partial charge is 0.477 e. The third kappa shape index (κ3) is 2.78. The molecule has 8 heteroatoms. The maximum Gasteiger partial charge on any atom is 0.352 e. The number of fused-ring (bicyclic) bond motifs is 1. The molecule has 23 heavy (non-hydrogen) atoms. The molecule has 1 aromatic carbocycles. The molecule has 0 fully saturated rings. The Balaban J connectivity index is 1.82. The predicted molar refractivity (Wildman–Crippen MR) is 81.8 cm³/mol. The quantitative estimate of drug-likeness (QED) is 0.658. The number of carboxylic acid groups (broad SMARTS) is 1. The Bertz CT molecular complexity index is 853. The van der Waals surface area contributed by atoms with E-state index < -0.39 is 12.0 Å². The second kappa shape index (κ2) is 5.91. The molecule has 1 unspecified atom stereocenters. The maximum absolute atomic E-state index is 12.2. The number of benzene rings is 1. The smallest absolute Gasteiger partial charge is 0.352 e. The van der Waals surface area contributed by atoms with Gasteiger partial charge in [0.2, 0.25) is 5.91 Å². The molecule has 1 amide bonds. The zero-order valence-corrected chi connectivity index (χ0v) is 12.4. The van der Waals surface area contributed by atoms with E-state index in [-0.39, 0.29) is 18.1 Å². The molecule has 0 aliphatic heterocycles. The molecule has 0 saturated heterocycles. The molecule has 0 radical (unpaired) electrons. The Labute approximate surface area is 131 Å². The fraction of sp³-hybridized carbons (Fsp3) is 0.200. The van der Waals surface area contributed by atoms with E-state index in [1.165, 1.54) is 17.3 Å². The Morgan fingerprint density at radius 1 is 1.39 bits per heavy atom. The van der Waals surface area contributed by atoms with Gasteiger partial charge in [-0.15, -0.1) is 0 Å². The molecule has 0 saturated carbocycles. The van der Waals surface area contributed by atoms with Gasteiger partial charge >= 0.3 is 5.97 Å². The normalized spacial score (nSPS) is 12.2. The number of carboxylic acids is 1. The first-order chi connectivity index (χ1) is 11.1. The number of aromatic carboxylic acids is 1. The van der Waals surface area contributed by atoms with Crippen molar-refractivity contribution in [3.05, 3.63) is 48.2 Å². The maximum atomic E-state index is 12.2. The van der Waals surface area contributed by atoms with Crippen molar-refractivity contribution in [2.75, 3.05) is 0 Å². The lowest BCUT2D eigenvalue weighted by Gasteiger charge is -2.12. The van der Waals surface area contributed by atoms with Crippen LogP contribution >= 0.6 is 0 Å². The third-order valence-electron chi connectivity index (χ3n) is 3.68. The van der Waals surface area contributed by atoms with E-state index in [0.29, 0.717) is 5.56 Å². The number of hydrogen-bond acceptors (Lipinski definition) is 4. The molecule has 0 bridgehead atoms. The number of aromatic amines is 1. The minimum atomic E-state index is -1.06. The van der Waals surface area contributed by atoms with Gasteiger partial charge in [-0.2, -0.15) is 5.10 Å². The SMILES string of the molecule is CC(C(=O)NCc1c(C(=O)O)[nH]c2ccccc12)n1cncn1.